The highest BCUT2D eigenvalue weighted by molar-refractivity contribution is 4.89. The third-order valence-corrected chi connectivity index (χ3v) is 2.13. The molecule has 0 aromatic rings. The van der Waals surface area contributed by atoms with Crippen LogP contribution in [0.4, 0.5) is 0 Å². The number of ether oxygens (including phenoxy) is 1. The van der Waals surface area contributed by atoms with E-state index in [0.717, 1.165) is 0 Å². The molecule has 0 spiro atoms. The van der Waals surface area contributed by atoms with Crippen molar-refractivity contribution in [3.8, 4) is 0 Å². The zero-order chi connectivity index (χ0) is 9.30. The second-order valence-electron chi connectivity index (χ2n) is 3.03. The molecular weight excluding hydrogens is 164 g/mol. The Kier molecular flexibility index (Phi) is 3.03. The summed E-state index contributed by atoms with van der Waals surface area (Å²) in [6.45, 7) is 1.21. The van der Waals surface area contributed by atoms with Gasteiger partial charge in [-0.05, 0) is 6.92 Å². The zero-order valence-corrected chi connectivity index (χ0v) is 6.79. The van der Waals surface area contributed by atoms with Crippen LogP contribution in [0, 0.1) is 0 Å². The first-order valence-electron chi connectivity index (χ1n) is 3.88. The van der Waals surface area contributed by atoms with Gasteiger partial charge < -0.3 is 25.2 Å². The van der Waals surface area contributed by atoms with Gasteiger partial charge in [-0.15, -0.1) is 0 Å². The Morgan fingerprint density at radius 2 is 1.67 bits per heavy atom. The molecule has 0 aliphatic carbocycles. The van der Waals surface area contributed by atoms with E-state index in [1.54, 1.807) is 6.92 Å². The molecule has 1 fully saturated rings. The summed E-state index contributed by atoms with van der Waals surface area (Å²) in [7, 11) is 0. The van der Waals surface area contributed by atoms with Gasteiger partial charge in [0.1, 0.15) is 24.4 Å². The normalized spacial score (nSPS) is 49.2. The van der Waals surface area contributed by atoms with Gasteiger partial charge in [-0.3, -0.25) is 0 Å². The van der Waals surface area contributed by atoms with Crippen molar-refractivity contribution in [2.75, 3.05) is 6.61 Å². The SMILES string of the molecule is CC1OC(CO)[C@@H](O)[C@H](O)[C@H]1O. The van der Waals surface area contributed by atoms with E-state index in [-0.39, 0.29) is 6.61 Å². The predicted molar refractivity (Wildman–Crippen MR) is 39.4 cm³/mol. The molecule has 1 heterocycles. The Balaban J connectivity index is 2.63. The van der Waals surface area contributed by atoms with Crippen LogP contribution in [0.5, 0.6) is 0 Å². The van der Waals surface area contributed by atoms with Crippen molar-refractivity contribution < 1.29 is 25.2 Å². The Morgan fingerprint density at radius 3 is 2.17 bits per heavy atom. The fraction of sp³-hybridized carbons (Fsp3) is 1.00. The summed E-state index contributed by atoms with van der Waals surface area (Å²) in [5.74, 6) is 0. The molecule has 5 nitrogen and oxygen atoms in total. The highest BCUT2D eigenvalue weighted by Gasteiger charge is 2.41. The molecule has 0 saturated carbocycles. The van der Waals surface area contributed by atoms with Gasteiger partial charge in [-0.25, -0.2) is 0 Å². The van der Waals surface area contributed by atoms with E-state index in [4.69, 9.17) is 9.84 Å². The summed E-state index contributed by atoms with van der Waals surface area (Å²) in [6, 6.07) is 0. The average molecular weight is 178 g/mol. The quantitative estimate of drug-likeness (QED) is 0.367. The topological polar surface area (TPSA) is 90.2 Å². The van der Waals surface area contributed by atoms with Crippen LogP contribution in [0.25, 0.3) is 0 Å². The maximum atomic E-state index is 9.23. The summed E-state index contributed by atoms with van der Waals surface area (Å²) in [5, 5.41) is 36.4. The van der Waals surface area contributed by atoms with Gasteiger partial charge in [-0.1, -0.05) is 0 Å². The molecule has 12 heavy (non-hydrogen) atoms. The minimum atomic E-state index is -1.24. The third kappa shape index (κ3) is 1.60. The number of rotatable bonds is 1. The van der Waals surface area contributed by atoms with E-state index in [1.807, 2.05) is 0 Å². The molecule has 0 amide bonds. The van der Waals surface area contributed by atoms with Crippen LogP contribution in [-0.2, 0) is 4.74 Å². The lowest BCUT2D eigenvalue weighted by atomic mass is 9.96. The Morgan fingerprint density at radius 1 is 1.08 bits per heavy atom. The molecule has 72 valence electrons. The van der Waals surface area contributed by atoms with Gasteiger partial charge >= 0.3 is 0 Å². The molecule has 0 aromatic carbocycles. The number of aliphatic hydroxyl groups is 4. The molecule has 1 rings (SSSR count). The van der Waals surface area contributed by atoms with Gasteiger partial charge in [0.05, 0.1) is 12.7 Å². The van der Waals surface area contributed by atoms with Gasteiger partial charge in [0.25, 0.3) is 0 Å². The van der Waals surface area contributed by atoms with Gasteiger partial charge in [0.2, 0.25) is 0 Å². The lowest BCUT2D eigenvalue weighted by molar-refractivity contribution is -0.224. The van der Waals surface area contributed by atoms with E-state index < -0.39 is 30.5 Å². The van der Waals surface area contributed by atoms with Crippen LogP contribution in [-0.4, -0.2) is 57.6 Å². The lowest BCUT2D eigenvalue weighted by Crippen LogP contribution is -2.57. The van der Waals surface area contributed by atoms with Crippen LogP contribution >= 0.6 is 0 Å². The smallest absolute Gasteiger partial charge is 0.111 e. The molecular formula is C7H14O5. The van der Waals surface area contributed by atoms with Crippen LogP contribution in [0.15, 0.2) is 0 Å². The van der Waals surface area contributed by atoms with E-state index in [2.05, 4.69) is 0 Å². The number of hydrogen-bond donors (Lipinski definition) is 4. The monoisotopic (exact) mass is 178 g/mol. The molecule has 0 radical (unpaired) electrons. The Bertz CT molecular complexity index is 146. The molecule has 1 aliphatic rings. The van der Waals surface area contributed by atoms with Crippen LogP contribution < -0.4 is 0 Å². The largest absolute Gasteiger partial charge is 0.394 e. The van der Waals surface area contributed by atoms with Crippen LogP contribution in [0.1, 0.15) is 6.92 Å². The first-order valence-corrected chi connectivity index (χ1v) is 3.88. The van der Waals surface area contributed by atoms with E-state index in [0.29, 0.717) is 0 Å². The van der Waals surface area contributed by atoms with Crippen LogP contribution in [0.3, 0.4) is 0 Å². The summed E-state index contributed by atoms with van der Waals surface area (Å²) in [6.07, 6.45) is -4.94. The average Bonchev–Trinajstić information content (AvgIpc) is 2.08. The Labute approximate surface area is 70.2 Å². The van der Waals surface area contributed by atoms with Crippen molar-refractivity contribution in [1.82, 2.24) is 0 Å². The van der Waals surface area contributed by atoms with Crippen molar-refractivity contribution in [1.29, 1.82) is 0 Å². The van der Waals surface area contributed by atoms with Crippen molar-refractivity contribution >= 4 is 0 Å². The molecule has 5 atom stereocenters. The van der Waals surface area contributed by atoms with E-state index >= 15 is 0 Å². The summed E-state index contributed by atoms with van der Waals surface area (Å²) in [5.41, 5.74) is 0. The van der Waals surface area contributed by atoms with E-state index in [9.17, 15) is 15.3 Å². The molecule has 1 aliphatic heterocycles. The first-order chi connectivity index (χ1) is 5.57. The predicted octanol–water partition coefficient (Wildman–Crippen LogP) is -2.15. The van der Waals surface area contributed by atoms with Crippen molar-refractivity contribution in [3.63, 3.8) is 0 Å². The van der Waals surface area contributed by atoms with E-state index in [1.165, 1.54) is 0 Å². The fourth-order valence-corrected chi connectivity index (χ4v) is 1.29. The minimum Gasteiger partial charge on any atom is -0.394 e. The Hall–Kier alpha value is -0.200. The van der Waals surface area contributed by atoms with Gasteiger partial charge in [-0.2, -0.15) is 0 Å². The molecule has 5 heteroatoms. The van der Waals surface area contributed by atoms with Crippen molar-refractivity contribution in [2.45, 2.75) is 37.4 Å². The minimum absolute atomic E-state index is 0.366. The number of aliphatic hydroxyl groups excluding tert-OH is 4. The van der Waals surface area contributed by atoms with Gasteiger partial charge in [0.15, 0.2) is 0 Å². The molecule has 4 N–H and O–H groups in total. The summed E-state index contributed by atoms with van der Waals surface area (Å²) >= 11 is 0. The standard InChI is InChI=1S/C7H14O5/c1-3-5(9)7(11)6(10)4(2-8)12-3/h3-11H,2H2,1H3/t3?,4?,5-,6+,7+/m0/s1. The van der Waals surface area contributed by atoms with Crippen molar-refractivity contribution in [2.24, 2.45) is 0 Å². The lowest BCUT2D eigenvalue weighted by Gasteiger charge is -2.38. The number of hydrogen-bond acceptors (Lipinski definition) is 5. The highest BCUT2D eigenvalue weighted by Crippen LogP contribution is 2.20. The molecule has 1 saturated heterocycles. The van der Waals surface area contributed by atoms with Crippen molar-refractivity contribution in [3.05, 3.63) is 0 Å². The maximum Gasteiger partial charge on any atom is 0.111 e. The zero-order valence-electron chi connectivity index (χ0n) is 6.79. The molecule has 0 aromatic heterocycles. The first kappa shape index (κ1) is 9.88. The molecule has 0 bridgehead atoms. The second-order valence-corrected chi connectivity index (χ2v) is 3.03. The second kappa shape index (κ2) is 3.68. The summed E-state index contributed by atoms with van der Waals surface area (Å²) < 4.78 is 5.02. The maximum absolute atomic E-state index is 9.23. The van der Waals surface area contributed by atoms with Crippen LogP contribution in [0.2, 0.25) is 0 Å². The fourth-order valence-electron chi connectivity index (χ4n) is 1.29. The highest BCUT2D eigenvalue weighted by atomic mass is 16.5. The van der Waals surface area contributed by atoms with Gasteiger partial charge in [0, 0.05) is 0 Å². The summed E-state index contributed by atoms with van der Waals surface area (Å²) in [4.78, 5) is 0. The molecule has 2 unspecified atom stereocenters. The third-order valence-electron chi connectivity index (χ3n) is 2.13.